The van der Waals surface area contributed by atoms with Crippen molar-refractivity contribution in [3.63, 3.8) is 0 Å². The fourth-order valence-corrected chi connectivity index (χ4v) is 3.25. The van der Waals surface area contributed by atoms with E-state index in [0.717, 1.165) is 0 Å². The third kappa shape index (κ3) is 3.29. The molecule has 0 unspecified atom stereocenters. The van der Waals surface area contributed by atoms with Crippen LogP contribution in [-0.4, -0.2) is 18.3 Å². The largest absolute Gasteiger partial charge is 0.279 e. The smallest absolute Gasteiger partial charge is 0.273 e. The van der Waals surface area contributed by atoms with Gasteiger partial charge in [0.2, 0.25) is 0 Å². The molecule has 2 rings (SSSR count). The van der Waals surface area contributed by atoms with Gasteiger partial charge < -0.3 is 0 Å². The molecule has 1 aromatic carbocycles. The van der Waals surface area contributed by atoms with Gasteiger partial charge in [0.05, 0.1) is 15.5 Å². The first-order valence-corrected chi connectivity index (χ1v) is 7.56. The van der Waals surface area contributed by atoms with Crippen LogP contribution in [0.4, 0.5) is 11.4 Å². The van der Waals surface area contributed by atoms with E-state index in [9.17, 15) is 18.5 Å². The highest BCUT2D eigenvalue weighted by atomic mass is 35.5. The first kappa shape index (κ1) is 15.2. The summed E-state index contributed by atoms with van der Waals surface area (Å²) in [6, 6.07) is 6.63. The molecule has 0 amide bonds. The number of halogens is 1. The second kappa shape index (κ2) is 5.66. The summed E-state index contributed by atoms with van der Waals surface area (Å²) in [7, 11) is -3.96. The minimum Gasteiger partial charge on any atom is -0.279 e. The van der Waals surface area contributed by atoms with Crippen molar-refractivity contribution in [2.24, 2.45) is 0 Å². The maximum Gasteiger partial charge on any atom is 0.273 e. The van der Waals surface area contributed by atoms with Gasteiger partial charge in [-0.2, -0.15) is 0 Å². The van der Waals surface area contributed by atoms with Crippen LogP contribution in [0.15, 0.2) is 41.4 Å². The molecule has 1 N–H and O–H groups in total. The van der Waals surface area contributed by atoms with Crippen molar-refractivity contribution < 1.29 is 13.3 Å². The fraction of sp³-hybridized carbons (Fsp3) is 0.0833. The second-order valence-electron chi connectivity index (χ2n) is 4.13. The predicted octanol–water partition coefficient (Wildman–Crippen LogP) is 2.75. The zero-order valence-corrected chi connectivity index (χ0v) is 12.4. The highest BCUT2D eigenvalue weighted by Gasteiger charge is 2.22. The summed E-state index contributed by atoms with van der Waals surface area (Å²) in [5, 5.41) is 11.0. The summed E-state index contributed by atoms with van der Waals surface area (Å²) in [6.45, 7) is 1.38. The molecule has 21 heavy (non-hydrogen) atoms. The highest BCUT2D eigenvalue weighted by Crippen LogP contribution is 2.26. The minimum absolute atomic E-state index is 0.0650. The van der Waals surface area contributed by atoms with Gasteiger partial charge in [-0.3, -0.25) is 14.8 Å². The monoisotopic (exact) mass is 327 g/mol. The van der Waals surface area contributed by atoms with Crippen molar-refractivity contribution in [1.82, 2.24) is 4.98 Å². The Labute approximate surface area is 125 Å². The summed E-state index contributed by atoms with van der Waals surface area (Å²) in [6.07, 6.45) is 1.35. The number of nitrogens with one attached hydrogen (secondary N) is 1. The van der Waals surface area contributed by atoms with Crippen LogP contribution < -0.4 is 4.72 Å². The third-order valence-corrected chi connectivity index (χ3v) is 4.45. The number of nitrogens with zero attached hydrogens (tertiary/aromatic N) is 2. The van der Waals surface area contributed by atoms with E-state index in [0.29, 0.717) is 0 Å². The van der Waals surface area contributed by atoms with Crippen molar-refractivity contribution in [3.05, 3.63) is 57.4 Å². The number of nitro groups is 1. The van der Waals surface area contributed by atoms with Crippen LogP contribution >= 0.6 is 11.6 Å². The van der Waals surface area contributed by atoms with Crippen LogP contribution in [0, 0.1) is 17.0 Å². The lowest BCUT2D eigenvalue weighted by Crippen LogP contribution is -2.15. The molecule has 0 saturated carbocycles. The maximum atomic E-state index is 12.3. The van der Waals surface area contributed by atoms with Crippen LogP contribution in [0.2, 0.25) is 5.15 Å². The summed E-state index contributed by atoms with van der Waals surface area (Å²) in [5.74, 6) is 0. The second-order valence-corrected chi connectivity index (χ2v) is 6.17. The van der Waals surface area contributed by atoms with Gasteiger partial charge in [0, 0.05) is 17.8 Å². The highest BCUT2D eigenvalue weighted by molar-refractivity contribution is 7.92. The fourth-order valence-electron chi connectivity index (χ4n) is 1.77. The van der Waals surface area contributed by atoms with Crippen LogP contribution in [0.1, 0.15) is 5.56 Å². The van der Waals surface area contributed by atoms with Gasteiger partial charge in [-0.05, 0) is 25.1 Å². The molecule has 0 fully saturated rings. The van der Waals surface area contributed by atoms with E-state index < -0.39 is 14.9 Å². The molecule has 1 aromatic heterocycles. The zero-order valence-electron chi connectivity index (χ0n) is 10.8. The van der Waals surface area contributed by atoms with Gasteiger partial charge in [0.1, 0.15) is 5.15 Å². The quantitative estimate of drug-likeness (QED) is 0.528. The van der Waals surface area contributed by atoms with Gasteiger partial charge in [0.15, 0.2) is 0 Å². The number of nitro benzene ring substituents is 1. The number of hydrogen-bond donors (Lipinski definition) is 1. The Morgan fingerprint density at radius 1 is 1.33 bits per heavy atom. The Kier molecular flexibility index (Phi) is 4.10. The molecule has 0 atom stereocenters. The van der Waals surface area contributed by atoms with Crippen LogP contribution in [0.3, 0.4) is 0 Å². The number of anilines is 1. The third-order valence-electron chi connectivity index (χ3n) is 2.72. The predicted molar refractivity (Wildman–Crippen MR) is 77.9 cm³/mol. The summed E-state index contributed by atoms with van der Waals surface area (Å²) >= 11 is 5.68. The van der Waals surface area contributed by atoms with E-state index in [1.807, 2.05) is 0 Å². The number of benzene rings is 1. The SMILES string of the molecule is Cc1c([N+](=O)[O-])cccc1S(=O)(=O)Nc1ccnc(Cl)c1. The van der Waals surface area contributed by atoms with Gasteiger partial charge in [0.25, 0.3) is 15.7 Å². The molecule has 0 saturated heterocycles. The number of pyridine rings is 1. The Morgan fingerprint density at radius 3 is 2.67 bits per heavy atom. The Hall–Kier alpha value is -2.19. The summed E-state index contributed by atoms with van der Waals surface area (Å²) in [5.41, 5.74) is 0.0293. The number of aromatic nitrogens is 1. The van der Waals surface area contributed by atoms with Crippen LogP contribution in [0.5, 0.6) is 0 Å². The van der Waals surface area contributed by atoms with Crippen LogP contribution in [0.25, 0.3) is 0 Å². The Bertz CT molecular complexity index is 808. The number of hydrogen-bond acceptors (Lipinski definition) is 5. The molecule has 2 aromatic rings. The molecular formula is C12H10ClN3O4S. The summed E-state index contributed by atoms with van der Waals surface area (Å²) in [4.78, 5) is 13.8. The molecular weight excluding hydrogens is 318 g/mol. The lowest BCUT2D eigenvalue weighted by atomic mass is 10.2. The normalized spacial score (nSPS) is 11.1. The van der Waals surface area contributed by atoms with E-state index >= 15 is 0 Å². The van der Waals surface area contributed by atoms with Crippen molar-refractivity contribution in [1.29, 1.82) is 0 Å². The number of rotatable bonds is 4. The van der Waals surface area contributed by atoms with Crippen molar-refractivity contribution >= 4 is 33.0 Å². The zero-order chi connectivity index (χ0) is 15.6. The van der Waals surface area contributed by atoms with Gasteiger partial charge in [-0.1, -0.05) is 17.7 Å². The van der Waals surface area contributed by atoms with Gasteiger partial charge in [-0.15, -0.1) is 0 Å². The van der Waals surface area contributed by atoms with Crippen molar-refractivity contribution in [2.75, 3.05) is 4.72 Å². The average Bonchev–Trinajstić information content (AvgIpc) is 2.37. The average molecular weight is 328 g/mol. The molecule has 110 valence electrons. The molecule has 0 aliphatic heterocycles. The molecule has 0 radical (unpaired) electrons. The molecule has 0 spiro atoms. The molecule has 0 bridgehead atoms. The van der Waals surface area contributed by atoms with E-state index in [1.54, 1.807) is 0 Å². The Balaban J connectivity index is 2.45. The molecule has 0 aliphatic carbocycles. The molecule has 7 nitrogen and oxygen atoms in total. The topological polar surface area (TPSA) is 102 Å². The lowest BCUT2D eigenvalue weighted by molar-refractivity contribution is -0.385. The first-order valence-electron chi connectivity index (χ1n) is 5.69. The van der Waals surface area contributed by atoms with Gasteiger partial charge >= 0.3 is 0 Å². The van der Waals surface area contributed by atoms with E-state index in [-0.39, 0.29) is 27.0 Å². The maximum absolute atomic E-state index is 12.3. The minimum atomic E-state index is -3.96. The van der Waals surface area contributed by atoms with E-state index in [2.05, 4.69) is 9.71 Å². The van der Waals surface area contributed by atoms with Crippen LogP contribution in [-0.2, 0) is 10.0 Å². The number of sulfonamides is 1. The molecule has 1 heterocycles. The van der Waals surface area contributed by atoms with Gasteiger partial charge in [-0.25, -0.2) is 13.4 Å². The first-order chi connectivity index (χ1) is 9.81. The standard InChI is InChI=1S/C12H10ClN3O4S/c1-8-10(16(17)18)3-2-4-11(8)21(19,20)15-9-5-6-14-12(13)7-9/h2-7H,1H3,(H,14,15). The Morgan fingerprint density at radius 2 is 2.05 bits per heavy atom. The molecule has 9 heteroatoms. The summed E-state index contributed by atoms with van der Waals surface area (Å²) < 4.78 is 26.9. The lowest BCUT2D eigenvalue weighted by Gasteiger charge is -2.10. The van der Waals surface area contributed by atoms with E-state index in [1.165, 1.54) is 43.5 Å². The molecule has 0 aliphatic rings. The van der Waals surface area contributed by atoms with Crippen molar-refractivity contribution in [2.45, 2.75) is 11.8 Å². The van der Waals surface area contributed by atoms with Crippen molar-refractivity contribution in [3.8, 4) is 0 Å². The van der Waals surface area contributed by atoms with E-state index in [4.69, 9.17) is 11.6 Å².